The molecule has 2 rings (SSSR count). The molecule has 0 spiro atoms. The van der Waals surface area contributed by atoms with Crippen molar-refractivity contribution in [1.29, 1.82) is 0 Å². The van der Waals surface area contributed by atoms with Crippen molar-refractivity contribution in [3.05, 3.63) is 42.1 Å². The van der Waals surface area contributed by atoms with Crippen LogP contribution in [0.1, 0.15) is 5.56 Å². The van der Waals surface area contributed by atoms with Crippen LogP contribution in [-0.4, -0.2) is 42.7 Å². The van der Waals surface area contributed by atoms with Crippen LogP contribution in [0.3, 0.4) is 0 Å². The summed E-state index contributed by atoms with van der Waals surface area (Å²) in [5.74, 6) is -0.717. The van der Waals surface area contributed by atoms with Crippen LogP contribution in [0.5, 0.6) is 0 Å². The number of urea groups is 1. The molecule has 0 atom stereocenters. The molecule has 0 unspecified atom stereocenters. The molecular formula is C13H15N3O4S. The fourth-order valence-electron chi connectivity index (χ4n) is 2.02. The molecule has 1 saturated heterocycles. The van der Waals surface area contributed by atoms with Gasteiger partial charge in [-0.3, -0.25) is 4.79 Å². The van der Waals surface area contributed by atoms with Crippen LogP contribution in [0.4, 0.5) is 4.79 Å². The Balaban J connectivity index is 2.36. The van der Waals surface area contributed by atoms with Gasteiger partial charge in [0.15, 0.2) is 0 Å². The van der Waals surface area contributed by atoms with E-state index >= 15 is 0 Å². The maximum absolute atomic E-state index is 12.5. The molecule has 8 heteroatoms. The Morgan fingerprint density at radius 1 is 1.33 bits per heavy atom. The van der Waals surface area contributed by atoms with Crippen molar-refractivity contribution in [3.8, 4) is 0 Å². The Morgan fingerprint density at radius 3 is 2.43 bits per heavy atom. The summed E-state index contributed by atoms with van der Waals surface area (Å²) < 4.78 is 25.6. The van der Waals surface area contributed by atoms with Crippen LogP contribution in [0.15, 0.2) is 41.4 Å². The molecule has 1 aliphatic heterocycles. The molecule has 0 saturated carbocycles. The summed E-state index contributed by atoms with van der Waals surface area (Å²) in [4.78, 5) is 24.1. The Labute approximate surface area is 122 Å². The maximum atomic E-state index is 12.5. The van der Waals surface area contributed by atoms with Gasteiger partial charge in [-0.2, -0.15) is 4.31 Å². The minimum absolute atomic E-state index is 0.0106. The first-order chi connectivity index (χ1) is 9.73. The zero-order valence-electron chi connectivity index (χ0n) is 11.4. The Hall–Kier alpha value is -2.35. The van der Waals surface area contributed by atoms with Crippen LogP contribution >= 0.6 is 0 Å². The normalized spacial score (nSPS) is 15.7. The zero-order valence-corrected chi connectivity index (χ0v) is 12.3. The standard InChI is InChI=1S/C13H15N3O4S/c1-9-3-5-11(6-4-9)21(19,20)16-10(2)7-15(13(16)18)8-12(14)17/h3-6H,2,7-8H2,1H3,(H2,14,17). The van der Waals surface area contributed by atoms with Crippen LogP contribution in [0.2, 0.25) is 0 Å². The van der Waals surface area contributed by atoms with Crippen molar-refractivity contribution in [2.75, 3.05) is 13.1 Å². The van der Waals surface area contributed by atoms with Crippen molar-refractivity contribution in [3.63, 3.8) is 0 Å². The van der Waals surface area contributed by atoms with Gasteiger partial charge in [-0.25, -0.2) is 13.2 Å². The number of rotatable bonds is 4. The van der Waals surface area contributed by atoms with E-state index in [-0.39, 0.29) is 23.7 Å². The lowest BCUT2D eigenvalue weighted by Crippen LogP contribution is -2.39. The lowest BCUT2D eigenvalue weighted by Gasteiger charge is -2.17. The third kappa shape index (κ3) is 2.75. The summed E-state index contributed by atoms with van der Waals surface area (Å²) in [7, 11) is -4.03. The Kier molecular flexibility index (Phi) is 3.73. The highest BCUT2D eigenvalue weighted by Crippen LogP contribution is 2.26. The van der Waals surface area contributed by atoms with Crippen LogP contribution < -0.4 is 5.73 Å². The molecule has 3 amide bonds. The monoisotopic (exact) mass is 309 g/mol. The number of hydrogen-bond donors (Lipinski definition) is 1. The summed E-state index contributed by atoms with van der Waals surface area (Å²) in [6.45, 7) is 5.01. The van der Waals surface area contributed by atoms with Gasteiger partial charge in [0, 0.05) is 0 Å². The van der Waals surface area contributed by atoms with Gasteiger partial charge in [0.1, 0.15) is 6.54 Å². The number of nitrogens with two attached hydrogens (primary N) is 1. The molecule has 112 valence electrons. The number of primary amides is 1. The first-order valence-electron chi connectivity index (χ1n) is 6.10. The third-order valence-corrected chi connectivity index (χ3v) is 4.77. The average Bonchev–Trinajstić information content (AvgIpc) is 2.64. The number of amides is 3. The van der Waals surface area contributed by atoms with E-state index in [1.807, 2.05) is 6.92 Å². The second-order valence-corrected chi connectivity index (χ2v) is 6.54. The largest absolute Gasteiger partial charge is 0.368 e. The highest BCUT2D eigenvalue weighted by molar-refractivity contribution is 7.89. The van der Waals surface area contributed by atoms with Gasteiger partial charge in [0.2, 0.25) is 5.91 Å². The molecule has 0 radical (unpaired) electrons. The highest BCUT2D eigenvalue weighted by Gasteiger charge is 2.41. The second-order valence-electron chi connectivity index (χ2n) is 4.75. The molecule has 0 aromatic heterocycles. The van der Waals surface area contributed by atoms with Crippen molar-refractivity contribution in [1.82, 2.24) is 9.21 Å². The molecule has 1 fully saturated rings. The van der Waals surface area contributed by atoms with Crippen molar-refractivity contribution < 1.29 is 18.0 Å². The fourth-order valence-corrected chi connectivity index (χ4v) is 3.43. The molecule has 1 aliphatic rings. The summed E-state index contributed by atoms with van der Waals surface area (Å²) in [5.41, 5.74) is 6.02. The van der Waals surface area contributed by atoms with Crippen molar-refractivity contribution in [2.24, 2.45) is 5.73 Å². The molecular weight excluding hydrogens is 294 g/mol. The predicted octanol–water partition coefficient (Wildman–Crippen LogP) is 0.420. The summed E-state index contributed by atoms with van der Waals surface area (Å²) >= 11 is 0. The van der Waals surface area contributed by atoms with E-state index in [1.165, 1.54) is 12.1 Å². The van der Waals surface area contributed by atoms with E-state index in [9.17, 15) is 18.0 Å². The van der Waals surface area contributed by atoms with Gasteiger partial charge < -0.3 is 10.6 Å². The van der Waals surface area contributed by atoms with Crippen LogP contribution in [-0.2, 0) is 14.8 Å². The quantitative estimate of drug-likeness (QED) is 0.871. The molecule has 1 aromatic rings. The highest BCUT2D eigenvalue weighted by atomic mass is 32.2. The maximum Gasteiger partial charge on any atom is 0.339 e. The number of benzene rings is 1. The van der Waals surface area contributed by atoms with E-state index in [0.29, 0.717) is 4.31 Å². The number of nitrogens with zero attached hydrogens (tertiary/aromatic N) is 2. The first-order valence-corrected chi connectivity index (χ1v) is 7.54. The number of carbonyl (C=O) groups is 2. The average molecular weight is 309 g/mol. The third-order valence-electron chi connectivity index (χ3n) is 3.01. The molecule has 7 nitrogen and oxygen atoms in total. The Bertz CT molecular complexity index is 709. The van der Waals surface area contributed by atoms with E-state index in [1.54, 1.807) is 12.1 Å². The predicted molar refractivity (Wildman–Crippen MR) is 75.5 cm³/mol. The molecule has 2 N–H and O–H groups in total. The van der Waals surface area contributed by atoms with Crippen LogP contribution in [0.25, 0.3) is 0 Å². The fraction of sp³-hybridized carbons (Fsp3) is 0.231. The molecule has 0 bridgehead atoms. The van der Waals surface area contributed by atoms with Gasteiger partial charge in [0.05, 0.1) is 17.1 Å². The van der Waals surface area contributed by atoms with Crippen molar-refractivity contribution in [2.45, 2.75) is 11.8 Å². The van der Waals surface area contributed by atoms with E-state index in [2.05, 4.69) is 6.58 Å². The summed E-state index contributed by atoms with van der Waals surface area (Å²) in [6, 6.07) is 5.29. The summed E-state index contributed by atoms with van der Waals surface area (Å²) in [5, 5.41) is 0. The Morgan fingerprint density at radius 2 is 1.90 bits per heavy atom. The van der Waals surface area contributed by atoms with Gasteiger partial charge >= 0.3 is 6.03 Å². The van der Waals surface area contributed by atoms with Gasteiger partial charge in [-0.15, -0.1) is 0 Å². The minimum atomic E-state index is -4.03. The van der Waals surface area contributed by atoms with Crippen LogP contribution in [0, 0.1) is 6.92 Å². The van der Waals surface area contributed by atoms with E-state index in [0.717, 1.165) is 10.5 Å². The van der Waals surface area contributed by atoms with E-state index < -0.39 is 22.0 Å². The number of hydrogen-bond acceptors (Lipinski definition) is 4. The topological polar surface area (TPSA) is 101 Å². The molecule has 1 heterocycles. The second kappa shape index (κ2) is 5.21. The molecule has 1 aromatic carbocycles. The lowest BCUT2D eigenvalue weighted by atomic mass is 10.2. The minimum Gasteiger partial charge on any atom is -0.368 e. The number of carbonyl (C=O) groups excluding carboxylic acids is 2. The SMILES string of the molecule is C=C1CN(CC(N)=O)C(=O)N1S(=O)(=O)c1ccc(C)cc1. The van der Waals surface area contributed by atoms with E-state index in [4.69, 9.17) is 5.73 Å². The van der Waals surface area contributed by atoms with Gasteiger partial charge in [-0.05, 0) is 19.1 Å². The number of sulfonamides is 1. The van der Waals surface area contributed by atoms with Gasteiger partial charge in [-0.1, -0.05) is 24.3 Å². The summed E-state index contributed by atoms with van der Waals surface area (Å²) in [6.07, 6.45) is 0. The van der Waals surface area contributed by atoms with Crippen molar-refractivity contribution >= 4 is 22.0 Å². The lowest BCUT2D eigenvalue weighted by molar-refractivity contribution is -0.118. The molecule has 21 heavy (non-hydrogen) atoms. The first kappa shape index (κ1) is 15.0. The molecule has 0 aliphatic carbocycles. The van der Waals surface area contributed by atoms with Gasteiger partial charge in [0.25, 0.3) is 10.0 Å². The smallest absolute Gasteiger partial charge is 0.339 e. The number of aryl methyl sites for hydroxylation is 1. The zero-order chi connectivity index (χ0) is 15.8.